The van der Waals surface area contributed by atoms with Gasteiger partial charge in [-0.25, -0.2) is 0 Å². The number of piperazine rings is 1. The van der Waals surface area contributed by atoms with Crippen LogP contribution in [0, 0.1) is 20.8 Å². The topological polar surface area (TPSA) is 78.9 Å². The fourth-order valence-corrected chi connectivity index (χ4v) is 3.54. The van der Waals surface area contributed by atoms with Crippen molar-refractivity contribution in [3.05, 3.63) is 22.3 Å². The molecule has 1 fully saturated rings. The van der Waals surface area contributed by atoms with Crippen LogP contribution in [0.5, 0.6) is 11.5 Å². The van der Waals surface area contributed by atoms with E-state index in [1.54, 1.807) is 11.8 Å². The minimum absolute atomic E-state index is 0.0806. The molecule has 24 heavy (non-hydrogen) atoms. The third-order valence-corrected chi connectivity index (χ3v) is 5.30. The smallest absolute Gasteiger partial charge is 0.267 e. The van der Waals surface area contributed by atoms with Gasteiger partial charge in [0.1, 0.15) is 11.5 Å². The lowest BCUT2D eigenvalue weighted by Gasteiger charge is -2.40. The molecule has 0 bridgehead atoms. The van der Waals surface area contributed by atoms with E-state index in [0.717, 1.165) is 22.3 Å². The Kier molecular flexibility index (Phi) is 3.94. The van der Waals surface area contributed by atoms with Crippen LogP contribution in [0.15, 0.2) is 0 Å². The lowest BCUT2D eigenvalue weighted by atomic mass is 9.86. The summed E-state index contributed by atoms with van der Waals surface area (Å²) < 4.78 is 6.18. The van der Waals surface area contributed by atoms with Gasteiger partial charge in [0.05, 0.1) is 6.54 Å². The molecular formula is C18H24N2O4. The molecular weight excluding hydrogens is 308 g/mol. The number of nitrogens with zero attached hydrogens (tertiary/aromatic N) is 1. The SMILES string of the molecule is Cc1c(C)c2c(c(C)c1O)CC[C@@](C)(C(=O)N1CCNC(=O)C1)O2. The van der Waals surface area contributed by atoms with Gasteiger partial charge in [0.25, 0.3) is 5.91 Å². The third-order valence-electron chi connectivity index (χ3n) is 5.30. The standard InChI is InChI=1S/C18H24N2O4/c1-10-11(2)16-13(12(3)15(10)22)5-6-18(4,24-16)17(23)20-8-7-19-14(21)9-20/h22H,5-9H2,1-4H3,(H,19,21)/t18-/m0/s1. The second-order valence-electron chi connectivity index (χ2n) is 6.94. The van der Waals surface area contributed by atoms with Gasteiger partial charge in [-0.3, -0.25) is 9.59 Å². The minimum Gasteiger partial charge on any atom is -0.507 e. The van der Waals surface area contributed by atoms with E-state index in [1.807, 2.05) is 20.8 Å². The number of phenolic OH excluding ortho intramolecular Hbond substituents is 1. The van der Waals surface area contributed by atoms with Crippen LogP contribution in [0.4, 0.5) is 0 Å². The molecule has 2 aliphatic rings. The number of carbonyl (C=O) groups excluding carboxylic acids is 2. The van der Waals surface area contributed by atoms with Crippen molar-refractivity contribution in [3.8, 4) is 11.5 Å². The Morgan fingerprint density at radius 3 is 2.62 bits per heavy atom. The molecule has 1 atom stereocenters. The molecule has 0 aliphatic carbocycles. The van der Waals surface area contributed by atoms with Crippen molar-refractivity contribution < 1.29 is 19.4 Å². The Morgan fingerprint density at radius 2 is 1.96 bits per heavy atom. The number of aromatic hydroxyl groups is 1. The zero-order chi connectivity index (χ0) is 17.6. The van der Waals surface area contributed by atoms with Crippen LogP contribution in [0.25, 0.3) is 0 Å². The highest BCUT2D eigenvalue weighted by Crippen LogP contribution is 2.43. The predicted molar refractivity (Wildman–Crippen MR) is 89.3 cm³/mol. The maximum Gasteiger partial charge on any atom is 0.267 e. The Labute approximate surface area is 141 Å². The first-order valence-electron chi connectivity index (χ1n) is 8.31. The highest BCUT2D eigenvalue weighted by molar-refractivity contribution is 5.90. The number of fused-ring (bicyclic) bond motifs is 1. The minimum atomic E-state index is -0.981. The molecule has 0 unspecified atom stereocenters. The fraction of sp³-hybridized carbons (Fsp3) is 0.556. The van der Waals surface area contributed by atoms with Crippen LogP contribution >= 0.6 is 0 Å². The van der Waals surface area contributed by atoms with Gasteiger partial charge in [-0.2, -0.15) is 0 Å². The Hall–Kier alpha value is -2.24. The average molecular weight is 332 g/mol. The summed E-state index contributed by atoms with van der Waals surface area (Å²) in [5, 5.41) is 13.0. The summed E-state index contributed by atoms with van der Waals surface area (Å²) in [6, 6.07) is 0. The van der Waals surface area contributed by atoms with Gasteiger partial charge in [-0.05, 0) is 50.8 Å². The molecule has 2 amide bonds. The van der Waals surface area contributed by atoms with Crippen LogP contribution in [0.3, 0.4) is 0 Å². The summed E-state index contributed by atoms with van der Waals surface area (Å²) in [5.74, 6) is 0.719. The van der Waals surface area contributed by atoms with Gasteiger partial charge in [-0.1, -0.05) is 0 Å². The van der Waals surface area contributed by atoms with Crippen molar-refractivity contribution in [2.45, 2.75) is 46.1 Å². The monoisotopic (exact) mass is 332 g/mol. The lowest BCUT2D eigenvalue weighted by Crippen LogP contribution is -2.58. The number of carbonyl (C=O) groups is 2. The van der Waals surface area contributed by atoms with E-state index < -0.39 is 5.60 Å². The van der Waals surface area contributed by atoms with Crippen molar-refractivity contribution in [2.24, 2.45) is 0 Å². The molecule has 1 aromatic carbocycles. The quantitative estimate of drug-likeness (QED) is 0.814. The van der Waals surface area contributed by atoms with Crippen molar-refractivity contribution >= 4 is 11.8 Å². The van der Waals surface area contributed by atoms with E-state index in [1.165, 1.54) is 0 Å². The molecule has 2 aliphatic heterocycles. The van der Waals surface area contributed by atoms with E-state index in [2.05, 4.69) is 5.32 Å². The lowest BCUT2D eigenvalue weighted by molar-refractivity contribution is -0.152. The third kappa shape index (κ3) is 2.50. The molecule has 0 spiro atoms. The van der Waals surface area contributed by atoms with Gasteiger partial charge in [0.15, 0.2) is 5.60 Å². The highest BCUT2D eigenvalue weighted by Gasteiger charge is 2.43. The molecule has 2 N–H and O–H groups in total. The maximum absolute atomic E-state index is 12.9. The number of nitrogens with one attached hydrogen (secondary N) is 1. The molecule has 0 aromatic heterocycles. The normalized spacial score (nSPS) is 23.3. The van der Waals surface area contributed by atoms with Gasteiger partial charge in [0.2, 0.25) is 5.91 Å². The fourth-order valence-electron chi connectivity index (χ4n) is 3.54. The molecule has 130 valence electrons. The second-order valence-corrected chi connectivity index (χ2v) is 6.94. The maximum atomic E-state index is 12.9. The summed E-state index contributed by atoms with van der Waals surface area (Å²) in [7, 11) is 0. The van der Waals surface area contributed by atoms with E-state index in [9.17, 15) is 14.7 Å². The zero-order valence-corrected chi connectivity index (χ0v) is 14.7. The zero-order valence-electron chi connectivity index (χ0n) is 14.7. The summed E-state index contributed by atoms with van der Waals surface area (Å²) in [5.41, 5.74) is 2.45. The van der Waals surface area contributed by atoms with E-state index in [-0.39, 0.29) is 18.4 Å². The second kappa shape index (κ2) is 5.69. The number of rotatable bonds is 1. The molecule has 0 radical (unpaired) electrons. The van der Waals surface area contributed by atoms with Gasteiger partial charge in [-0.15, -0.1) is 0 Å². The average Bonchev–Trinajstić information content (AvgIpc) is 2.57. The highest BCUT2D eigenvalue weighted by atomic mass is 16.5. The number of hydrogen-bond donors (Lipinski definition) is 2. The summed E-state index contributed by atoms with van der Waals surface area (Å²) in [4.78, 5) is 26.1. The van der Waals surface area contributed by atoms with Crippen LogP contribution in [-0.4, -0.2) is 47.1 Å². The number of phenols is 1. The number of benzene rings is 1. The van der Waals surface area contributed by atoms with Crippen LogP contribution in [-0.2, 0) is 16.0 Å². The van der Waals surface area contributed by atoms with Gasteiger partial charge >= 0.3 is 0 Å². The first-order valence-corrected chi connectivity index (χ1v) is 8.31. The van der Waals surface area contributed by atoms with E-state index in [4.69, 9.17) is 4.74 Å². The Morgan fingerprint density at radius 1 is 1.25 bits per heavy atom. The first kappa shape index (κ1) is 16.6. The number of amides is 2. The van der Waals surface area contributed by atoms with Crippen LogP contribution < -0.4 is 10.1 Å². The first-order chi connectivity index (χ1) is 11.2. The van der Waals surface area contributed by atoms with Crippen molar-refractivity contribution in [3.63, 3.8) is 0 Å². The Bertz CT molecular complexity index is 728. The Balaban J connectivity index is 1.93. The van der Waals surface area contributed by atoms with Crippen molar-refractivity contribution in [1.29, 1.82) is 0 Å². The van der Waals surface area contributed by atoms with E-state index in [0.29, 0.717) is 37.4 Å². The number of ether oxygens (including phenoxy) is 1. The van der Waals surface area contributed by atoms with Crippen LogP contribution in [0.1, 0.15) is 35.6 Å². The molecule has 6 heteroatoms. The molecule has 2 heterocycles. The van der Waals surface area contributed by atoms with Gasteiger partial charge < -0.3 is 20.1 Å². The largest absolute Gasteiger partial charge is 0.507 e. The summed E-state index contributed by atoms with van der Waals surface area (Å²) >= 11 is 0. The van der Waals surface area contributed by atoms with Crippen molar-refractivity contribution in [1.82, 2.24) is 10.2 Å². The van der Waals surface area contributed by atoms with E-state index >= 15 is 0 Å². The number of hydrogen-bond acceptors (Lipinski definition) is 4. The molecule has 3 rings (SSSR count). The summed E-state index contributed by atoms with van der Waals surface area (Å²) in [6.07, 6.45) is 1.19. The molecule has 6 nitrogen and oxygen atoms in total. The van der Waals surface area contributed by atoms with Crippen molar-refractivity contribution in [2.75, 3.05) is 19.6 Å². The van der Waals surface area contributed by atoms with Gasteiger partial charge in [0, 0.05) is 25.1 Å². The van der Waals surface area contributed by atoms with Crippen LogP contribution in [0.2, 0.25) is 0 Å². The molecule has 1 saturated heterocycles. The molecule has 1 aromatic rings. The predicted octanol–water partition coefficient (Wildman–Crippen LogP) is 1.36. The molecule has 0 saturated carbocycles. The summed E-state index contributed by atoms with van der Waals surface area (Å²) in [6.45, 7) is 8.48.